The number of hydrogen-bond donors (Lipinski definition) is 0. The third-order valence-electron chi connectivity index (χ3n) is 4.43. The maximum atomic E-state index is 6.24. The lowest BCUT2D eigenvalue weighted by molar-refractivity contribution is -0.0183. The Balaban J connectivity index is 2.29. The molecule has 0 aliphatic carbocycles. The van der Waals surface area contributed by atoms with E-state index in [4.69, 9.17) is 21.1 Å². The molecule has 0 bridgehead atoms. The highest BCUT2D eigenvalue weighted by atomic mass is 35.5. The van der Waals surface area contributed by atoms with Crippen LogP contribution in [0.1, 0.15) is 64.5 Å². The van der Waals surface area contributed by atoms with E-state index in [-0.39, 0.29) is 5.60 Å². The Hall–Kier alpha value is -0.730. The molecule has 0 amide bonds. The number of aryl methyl sites for hydroxylation is 2. The first-order valence-electron chi connectivity index (χ1n) is 8.78. The molecule has 3 heteroatoms. The molecule has 0 spiro atoms. The second kappa shape index (κ2) is 9.54. The maximum Gasteiger partial charge on any atom is 0.138 e. The molecule has 23 heavy (non-hydrogen) atoms. The van der Waals surface area contributed by atoms with Crippen molar-refractivity contribution in [3.05, 3.63) is 28.3 Å². The summed E-state index contributed by atoms with van der Waals surface area (Å²) in [7, 11) is 0. The van der Waals surface area contributed by atoms with E-state index in [2.05, 4.69) is 41.5 Å². The first kappa shape index (κ1) is 20.3. The Labute approximate surface area is 147 Å². The summed E-state index contributed by atoms with van der Waals surface area (Å²) in [5.41, 5.74) is 2.42. The predicted octanol–water partition coefficient (Wildman–Crippen LogP) is 6.35. The molecular weight excluding hydrogens is 308 g/mol. The summed E-state index contributed by atoms with van der Waals surface area (Å²) >= 11 is 6.24. The predicted molar refractivity (Wildman–Crippen MR) is 99.8 cm³/mol. The number of ether oxygens (including phenoxy) is 2. The van der Waals surface area contributed by atoms with Gasteiger partial charge in [0.05, 0.1) is 17.2 Å². The lowest BCUT2D eigenvalue weighted by Crippen LogP contribution is -2.24. The second-order valence-corrected chi connectivity index (χ2v) is 7.60. The van der Waals surface area contributed by atoms with Crippen LogP contribution in [0.3, 0.4) is 0 Å². The molecule has 0 saturated carbocycles. The fourth-order valence-corrected chi connectivity index (χ4v) is 2.99. The van der Waals surface area contributed by atoms with E-state index in [0.29, 0.717) is 10.9 Å². The summed E-state index contributed by atoms with van der Waals surface area (Å²) in [4.78, 5) is 0. The van der Waals surface area contributed by atoms with Crippen LogP contribution in [0.25, 0.3) is 0 Å². The van der Waals surface area contributed by atoms with Crippen LogP contribution in [-0.4, -0.2) is 18.8 Å². The van der Waals surface area contributed by atoms with Crippen molar-refractivity contribution in [2.45, 2.75) is 72.8 Å². The topological polar surface area (TPSA) is 18.5 Å². The number of rotatable bonds is 10. The normalized spacial score (nSPS) is 13.2. The smallest absolute Gasteiger partial charge is 0.138 e. The molecule has 0 aliphatic rings. The minimum Gasteiger partial charge on any atom is -0.492 e. The first-order valence-corrected chi connectivity index (χ1v) is 9.16. The van der Waals surface area contributed by atoms with Gasteiger partial charge in [-0.2, -0.15) is 0 Å². The monoisotopic (exact) mass is 340 g/mol. The van der Waals surface area contributed by atoms with Crippen molar-refractivity contribution in [3.63, 3.8) is 0 Å². The van der Waals surface area contributed by atoms with Crippen molar-refractivity contribution < 1.29 is 9.47 Å². The maximum absolute atomic E-state index is 6.24. The third-order valence-corrected chi connectivity index (χ3v) is 4.72. The SMILES string of the molecule is CCOC(C)(C)CCCC(C)CCOc1cc(C)c(C)cc1Cl. The highest BCUT2D eigenvalue weighted by Gasteiger charge is 2.17. The van der Waals surface area contributed by atoms with E-state index in [1.807, 2.05) is 12.1 Å². The standard InChI is InChI=1S/C20H33ClO2/c1-7-23-20(5,6)11-8-9-15(2)10-12-22-19-14-17(4)16(3)13-18(19)21/h13-15H,7-12H2,1-6H3. The van der Waals surface area contributed by atoms with Crippen molar-refractivity contribution in [1.29, 1.82) is 0 Å². The molecule has 132 valence electrons. The number of halogens is 1. The van der Waals surface area contributed by atoms with E-state index in [0.717, 1.165) is 31.8 Å². The molecule has 2 nitrogen and oxygen atoms in total. The van der Waals surface area contributed by atoms with E-state index in [1.165, 1.54) is 24.0 Å². The lowest BCUT2D eigenvalue weighted by Gasteiger charge is -2.25. The zero-order valence-corrected chi connectivity index (χ0v) is 16.4. The van der Waals surface area contributed by atoms with Gasteiger partial charge >= 0.3 is 0 Å². The van der Waals surface area contributed by atoms with Gasteiger partial charge in [-0.05, 0) is 76.6 Å². The van der Waals surface area contributed by atoms with E-state index < -0.39 is 0 Å². The van der Waals surface area contributed by atoms with Crippen molar-refractivity contribution in [2.75, 3.05) is 13.2 Å². The summed E-state index contributed by atoms with van der Waals surface area (Å²) in [5, 5.41) is 0.708. The number of hydrogen-bond acceptors (Lipinski definition) is 2. The minimum atomic E-state index is -0.00206. The molecule has 1 aromatic carbocycles. The molecular formula is C20H33ClO2. The van der Waals surface area contributed by atoms with Gasteiger partial charge in [-0.25, -0.2) is 0 Å². The summed E-state index contributed by atoms with van der Waals surface area (Å²) in [6.07, 6.45) is 4.56. The highest BCUT2D eigenvalue weighted by Crippen LogP contribution is 2.28. The van der Waals surface area contributed by atoms with E-state index in [1.54, 1.807) is 0 Å². The Morgan fingerprint density at radius 1 is 1.13 bits per heavy atom. The van der Waals surface area contributed by atoms with E-state index >= 15 is 0 Å². The van der Waals surface area contributed by atoms with Crippen LogP contribution in [0.5, 0.6) is 5.75 Å². The Morgan fingerprint density at radius 2 is 1.78 bits per heavy atom. The summed E-state index contributed by atoms with van der Waals surface area (Å²) in [6, 6.07) is 4.01. The van der Waals surface area contributed by atoms with Crippen molar-refractivity contribution >= 4 is 11.6 Å². The fourth-order valence-electron chi connectivity index (χ4n) is 2.72. The zero-order chi connectivity index (χ0) is 17.5. The molecule has 0 fully saturated rings. The highest BCUT2D eigenvalue weighted by molar-refractivity contribution is 6.32. The van der Waals surface area contributed by atoms with Gasteiger partial charge in [-0.15, -0.1) is 0 Å². The first-order chi connectivity index (χ1) is 10.7. The van der Waals surface area contributed by atoms with Gasteiger partial charge < -0.3 is 9.47 Å². The molecule has 1 unspecified atom stereocenters. The van der Waals surface area contributed by atoms with Crippen molar-refractivity contribution in [1.82, 2.24) is 0 Å². The summed E-state index contributed by atoms with van der Waals surface area (Å²) < 4.78 is 11.6. The molecule has 1 aromatic rings. The number of benzene rings is 1. The van der Waals surface area contributed by atoms with Gasteiger partial charge in [0.2, 0.25) is 0 Å². The van der Waals surface area contributed by atoms with Crippen LogP contribution in [0.15, 0.2) is 12.1 Å². The quantitative estimate of drug-likeness (QED) is 0.494. The molecule has 0 saturated heterocycles. The Morgan fingerprint density at radius 3 is 2.43 bits per heavy atom. The molecule has 0 N–H and O–H groups in total. The second-order valence-electron chi connectivity index (χ2n) is 7.19. The van der Waals surface area contributed by atoms with Crippen LogP contribution in [0.2, 0.25) is 5.02 Å². The van der Waals surface area contributed by atoms with Gasteiger partial charge in [-0.3, -0.25) is 0 Å². The fraction of sp³-hybridized carbons (Fsp3) is 0.700. The van der Waals surface area contributed by atoms with Gasteiger partial charge in [0.25, 0.3) is 0 Å². The van der Waals surface area contributed by atoms with Gasteiger partial charge in [0.15, 0.2) is 0 Å². The average Bonchev–Trinajstić information content (AvgIpc) is 2.44. The van der Waals surface area contributed by atoms with Crippen LogP contribution >= 0.6 is 11.6 Å². The Bertz CT molecular complexity index is 483. The lowest BCUT2D eigenvalue weighted by atomic mass is 9.95. The Kier molecular flexibility index (Phi) is 8.42. The van der Waals surface area contributed by atoms with Crippen LogP contribution in [0.4, 0.5) is 0 Å². The summed E-state index contributed by atoms with van der Waals surface area (Å²) in [5.74, 6) is 1.46. The third kappa shape index (κ3) is 7.58. The van der Waals surface area contributed by atoms with Crippen molar-refractivity contribution in [2.24, 2.45) is 5.92 Å². The van der Waals surface area contributed by atoms with Crippen LogP contribution < -0.4 is 4.74 Å². The minimum absolute atomic E-state index is 0.00206. The van der Waals surface area contributed by atoms with Gasteiger partial charge in [0.1, 0.15) is 5.75 Å². The van der Waals surface area contributed by atoms with Gasteiger partial charge in [0, 0.05) is 6.61 Å². The molecule has 0 aromatic heterocycles. The van der Waals surface area contributed by atoms with E-state index in [9.17, 15) is 0 Å². The largest absolute Gasteiger partial charge is 0.492 e. The molecule has 0 radical (unpaired) electrons. The van der Waals surface area contributed by atoms with Crippen LogP contribution in [0, 0.1) is 19.8 Å². The molecule has 1 rings (SSSR count). The zero-order valence-electron chi connectivity index (χ0n) is 15.7. The van der Waals surface area contributed by atoms with Crippen molar-refractivity contribution in [3.8, 4) is 5.75 Å². The molecule has 1 atom stereocenters. The summed E-state index contributed by atoms with van der Waals surface area (Å²) in [6.45, 7) is 14.3. The average molecular weight is 341 g/mol. The molecule has 0 aliphatic heterocycles. The van der Waals surface area contributed by atoms with Gasteiger partial charge in [-0.1, -0.05) is 31.4 Å². The van der Waals surface area contributed by atoms with Crippen LogP contribution in [-0.2, 0) is 4.74 Å². The molecule has 0 heterocycles.